The van der Waals surface area contributed by atoms with Gasteiger partial charge in [-0.3, -0.25) is 4.79 Å². The minimum absolute atomic E-state index is 0.232. The second-order valence-corrected chi connectivity index (χ2v) is 6.89. The van der Waals surface area contributed by atoms with Gasteiger partial charge in [0.15, 0.2) is 5.82 Å². The van der Waals surface area contributed by atoms with Crippen molar-refractivity contribution in [1.29, 1.82) is 0 Å². The van der Waals surface area contributed by atoms with Crippen molar-refractivity contribution < 1.29 is 9.18 Å². The average molecular weight is 362 g/mol. The summed E-state index contributed by atoms with van der Waals surface area (Å²) in [5.74, 6) is -0.218. The SMILES string of the molecule is CC(=O)Nc1cc(-c2ccccc2)c(-c2ccc(C3(N)CC3)c(F)c2)nn1. The van der Waals surface area contributed by atoms with Crippen LogP contribution in [0.15, 0.2) is 54.6 Å². The Bertz CT molecular complexity index is 1020. The van der Waals surface area contributed by atoms with Crippen LogP contribution in [0.5, 0.6) is 0 Å². The lowest BCUT2D eigenvalue weighted by Gasteiger charge is -2.14. The number of benzene rings is 2. The first kappa shape index (κ1) is 17.3. The molecule has 27 heavy (non-hydrogen) atoms. The van der Waals surface area contributed by atoms with Crippen molar-refractivity contribution in [3.05, 3.63) is 66.0 Å². The third kappa shape index (κ3) is 3.44. The molecule has 1 aliphatic carbocycles. The first-order valence-electron chi connectivity index (χ1n) is 8.76. The minimum Gasteiger partial charge on any atom is -0.321 e. The van der Waals surface area contributed by atoms with E-state index in [1.54, 1.807) is 12.1 Å². The van der Waals surface area contributed by atoms with E-state index in [1.165, 1.54) is 13.0 Å². The molecule has 1 saturated carbocycles. The Morgan fingerprint density at radius 2 is 1.81 bits per heavy atom. The Balaban J connectivity index is 1.82. The van der Waals surface area contributed by atoms with E-state index in [0.717, 1.165) is 24.0 Å². The lowest BCUT2D eigenvalue weighted by Crippen LogP contribution is -2.20. The number of nitrogens with zero attached hydrogens (tertiary/aromatic N) is 2. The van der Waals surface area contributed by atoms with Crippen molar-refractivity contribution in [3.8, 4) is 22.4 Å². The van der Waals surface area contributed by atoms with Crippen LogP contribution in [0.4, 0.5) is 10.2 Å². The number of aromatic nitrogens is 2. The summed E-state index contributed by atoms with van der Waals surface area (Å²) in [4.78, 5) is 11.4. The Hall–Kier alpha value is -3.12. The molecule has 4 rings (SSSR count). The molecule has 1 heterocycles. The summed E-state index contributed by atoms with van der Waals surface area (Å²) in [5, 5.41) is 11.0. The molecule has 1 aliphatic rings. The molecule has 1 fully saturated rings. The predicted molar refractivity (Wildman–Crippen MR) is 102 cm³/mol. The number of hydrogen-bond acceptors (Lipinski definition) is 4. The molecule has 1 aromatic heterocycles. The summed E-state index contributed by atoms with van der Waals surface area (Å²) in [6.07, 6.45) is 1.59. The van der Waals surface area contributed by atoms with Crippen LogP contribution in [0, 0.1) is 5.82 Å². The molecule has 0 bridgehead atoms. The van der Waals surface area contributed by atoms with Crippen LogP contribution in [0.1, 0.15) is 25.3 Å². The van der Waals surface area contributed by atoms with Gasteiger partial charge in [-0.05, 0) is 30.5 Å². The lowest BCUT2D eigenvalue weighted by atomic mass is 9.97. The number of halogens is 1. The monoisotopic (exact) mass is 362 g/mol. The van der Waals surface area contributed by atoms with Gasteiger partial charge in [-0.15, -0.1) is 10.2 Å². The molecule has 0 spiro atoms. The van der Waals surface area contributed by atoms with Crippen LogP contribution >= 0.6 is 0 Å². The molecular formula is C21H19FN4O. The molecule has 3 N–H and O–H groups in total. The van der Waals surface area contributed by atoms with Crippen LogP contribution in [0.25, 0.3) is 22.4 Å². The van der Waals surface area contributed by atoms with E-state index in [1.807, 2.05) is 36.4 Å². The lowest BCUT2D eigenvalue weighted by molar-refractivity contribution is -0.114. The number of amides is 1. The molecule has 0 atom stereocenters. The molecule has 0 aliphatic heterocycles. The van der Waals surface area contributed by atoms with Gasteiger partial charge in [0.05, 0.1) is 0 Å². The molecule has 0 unspecified atom stereocenters. The highest BCUT2D eigenvalue weighted by Crippen LogP contribution is 2.44. The van der Waals surface area contributed by atoms with Crippen LogP contribution in [0.2, 0.25) is 0 Å². The summed E-state index contributed by atoms with van der Waals surface area (Å²) in [7, 11) is 0. The summed E-state index contributed by atoms with van der Waals surface area (Å²) in [6, 6.07) is 16.4. The van der Waals surface area contributed by atoms with E-state index in [0.29, 0.717) is 22.6 Å². The van der Waals surface area contributed by atoms with Crippen LogP contribution < -0.4 is 11.1 Å². The molecule has 5 nitrogen and oxygen atoms in total. The molecule has 3 aromatic rings. The van der Waals surface area contributed by atoms with Crippen molar-refractivity contribution in [2.75, 3.05) is 5.32 Å². The normalized spacial score (nSPS) is 14.6. The van der Waals surface area contributed by atoms with Gasteiger partial charge < -0.3 is 11.1 Å². The first-order chi connectivity index (χ1) is 13.0. The molecular weight excluding hydrogens is 343 g/mol. The van der Waals surface area contributed by atoms with Gasteiger partial charge in [-0.25, -0.2) is 4.39 Å². The Morgan fingerprint density at radius 3 is 2.44 bits per heavy atom. The van der Waals surface area contributed by atoms with E-state index < -0.39 is 5.54 Å². The topological polar surface area (TPSA) is 80.9 Å². The third-order valence-corrected chi connectivity index (χ3v) is 4.75. The van der Waals surface area contributed by atoms with Crippen molar-refractivity contribution in [2.24, 2.45) is 5.73 Å². The summed E-state index contributed by atoms with van der Waals surface area (Å²) < 4.78 is 14.7. The van der Waals surface area contributed by atoms with Gasteiger partial charge in [0, 0.05) is 29.2 Å². The summed E-state index contributed by atoms with van der Waals surface area (Å²) in [5.41, 5.74) is 8.95. The van der Waals surface area contributed by atoms with E-state index in [9.17, 15) is 9.18 Å². The molecule has 6 heteroatoms. The molecule has 0 saturated heterocycles. The first-order valence-corrected chi connectivity index (χ1v) is 8.76. The van der Waals surface area contributed by atoms with Gasteiger partial charge in [-0.2, -0.15) is 0 Å². The Kier molecular flexibility index (Phi) is 4.20. The minimum atomic E-state index is -0.536. The number of anilines is 1. The van der Waals surface area contributed by atoms with Crippen molar-refractivity contribution in [3.63, 3.8) is 0 Å². The number of hydrogen-bond donors (Lipinski definition) is 2. The zero-order chi connectivity index (χ0) is 19.0. The zero-order valence-corrected chi connectivity index (χ0v) is 14.9. The Morgan fingerprint density at radius 1 is 1.07 bits per heavy atom. The quantitative estimate of drug-likeness (QED) is 0.738. The maximum Gasteiger partial charge on any atom is 0.222 e. The van der Waals surface area contributed by atoms with Crippen LogP contribution in [0.3, 0.4) is 0 Å². The maximum absolute atomic E-state index is 14.7. The van der Waals surface area contributed by atoms with Crippen molar-refractivity contribution >= 4 is 11.7 Å². The fraction of sp³-hybridized carbons (Fsp3) is 0.190. The number of nitrogens with two attached hydrogens (primary N) is 1. The third-order valence-electron chi connectivity index (χ3n) is 4.75. The van der Waals surface area contributed by atoms with Gasteiger partial charge in [-0.1, -0.05) is 42.5 Å². The molecule has 1 amide bonds. The highest BCUT2D eigenvalue weighted by molar-refractivity contribution is 5.90. The highest BCUT2D eigenvalue weighted by Gasteiger charge is 2.42. The Labute approximate surface area is 156 Å². The highest BCUT2D eigenvalue weighted by atomic mass is 19.1. The van der Waals surface area contributed by atoms with E-state index >= 15 is 0 Å². The molecule has 136 valence electrons. The number of carbonyl (C=O) groups is 1. The molecule has 0 radical (unpaired) electrons. The van der Waals surface area contributed by atoms with E-state index in [2.05, 4.69) is 15.5 Å². The second kappa shape index (κ2) is 6.55. The van der Waals surface area contributed by atoms with E-state index in [4.69, 9.17) is 5.73 Å². The maximum atomic E-state index is 14.7. The fourth-order valence-corrected chi connectivity index (χ4v) is 3.15. The number of carbonyl (C=O) groups excluding carboxylic acids is 1. The van der Waals surface area contributed by atoms with Crippen LogP contribution in [-0.2, 0) is 10.3 Å². The van der Waals surface area contributed by atoms with E-state index in [-0.39, 0.29) is 11.7 Å². The van der Waals surface area contributed by atoms with Crippen LogP contribution in [-0.4, -0.2) is 16.1 Å². The van der Waals surface area contributed by atoms with Gasteiger partial charge in [0.2, 0.25) is 5.91 Å². The summed E-state index contributed by atoms with van der Waals surface area (Å²) >= 11 is 0. The summed E-state index contributed by atoms with van der Waals surface area (Å²) in [6.45, 7) is 1.41. The fourth-order valence-electron chi connectivity index (χ4n) is 3.15. The average Bonchev–Trinajstić information content (AvgIpc) is 3.40. The van der Waals surface area contributed by atoms with Gasteiger partial charge in [0.1, 0.15) is 11.5 Å². The van der Waals surface area contributed by atoms with Gasteiger partial charge >= 0.3 is 0 Å². The standard InChI is InChI=1S/C21H19FN4O/c1-13(27)24-19-12-16(14-5-3-2-4-6-14)20(26-25-19)15-7-8-17(18(22)11-15)21(23)9-10-21/h2-8,11-12H,9-10,23H2,1H3,(H,24,25,27). The zero-order valence-electron chi connectivity index (χ0n) is 14.9. The largest absolute Gasteiger partial charge is 0.321 e. The van der Waals surface area contributed by atoms with Crippen molar-refractivity contribution in [2.45, 2.75) is 25.3 Å². The number of nitrogens with one attached hydrogen (secondary N) is 1. The predicted octanol–water partition coefficient (Wildman–Crippen LogP) is 3.86. The smallest absolute Gasteiger partial charge is 0.222 e. The second-order valence-electron chi connectivity index (χ2n) is 6.89. The van der Waals surface area contributed by atoms with Gasteiger partial charge in [0.25, 0.3) is 0 Å². The van der Waals surface area contributed by atoms with Crippen molar-refractivity contribution in [1.82, 2.24) is 10.2 Å². The number of rotatable bonds is 4. The molecule has 2 aromatic carbocycles.